The number of fused-ring (bicyclic) bond motifs is 1. The predicted octanol–water partition coefficient (Wildman–Crippen LogP) is 4.16. The average Bonchev–Trinajstić information content (AvgIpc) is 3.43. The number of hydrogen-bond donors (Lipinski definition) is 0. The molecule has 10 heteroatoms. The van der Waals surface area contributed by atoms with Gasteiger partial charge in [0.2, 0.25) is 5.91 Å². The van der Waals surface area contributed by atoms with Gasteiger partial charge in [0.25, 0.3) is 0 Å². The molecule has 0 radical (unpaired) electrons. The molecule has 0 aliphatic carbocycles. The van der Waals surface area contributed by atoms with Gasteiger partial charge < -0.3 is 9.69 Å². The number of likely N-dealkylation sites (tertiary alicyclic amines) is 1. The standard InChI is InChI=1S/C20H19F3N4O2S/c1-12(28)4-5-19(29)26-7-6-13(11-26)14-10-18-24-15(16-3-2-8-30-16)9-17(20(21,22)23)27(18)25-14/h2-3,8-10,13H,4-7,11H2,1H3. The minimum atomic E-state index is -4.58. The molecular formula is C20H19F3N4O2S. The minimum Gasteiger partial charge on any atom is -0.342 e. The predicted molar refractivity (Wildman–Crippen MR) is 105 cm³/mol. The van der Waals surface area contributed by atoms with Crippen LogP contribution in [0.4, 0.5) is 13.2 Å². The monoisotopic (exact) mass is 436 g/mol. The van der Waals surface area contributed by atoms with Crippen LogP contribution in [0.25, 0.3) is 16.2 Å². The summed E-state index contributed by atoms with van der Waals surface area (Å²) < 4.78 is 41.9. The number of hydrogen-bond acceptors (Lipinski definition) is 5. The molecular weight excluding hydrogens is 417 g/mol. The molecule has 1 amide bonds. The Labute approximate surface area is 174 Å². The van der Waals surface area contributed by atoms with Crippen molar-refractivity contribution in [2.45, 2.75) is 38.3 Å². The SMILES string of the molecule is CC(=O)CCC(=O)N1CCC(c2cc3nc(-c4cccs4)cc(C(F)(F)F)n3n2)C1. The van der Waals surface area contributed by atoms with Crippen LogP contribution in [-0.2, 0) is 15.8 Å². The van der Waals surface area contributed by atoms with Crippen molar-refractivity contribution in [1.29, 1.82) is 0 Å². The van der Waals surface area contributed by atoms with E-state index in [0.29, 0.717) is 30.1 Å². The summed E-state index contributed by atoms with van der Waals surface area (Å²) in [4.78, 5) is 30.0. The minimum absolute atomic E-state index is 0.0493. The number of thiophene rings is 1. The van der Waals surface area contributed by atoms with Gasteiger partial charge in [-0.15, -0.1) is 11.3 Å². The van der Waals surface area contributed by atoms with E-state index in [4.69, 9.17) is 0 Å². The fraction of sp³-hybridized carbons (Fsp3) is 0.400. The van der Waals surface area contributed by atoms with Gasteiger partial charge in [-0.1, -0.05) is 6.07 Å². The first-order valence-corrected chi connectivity index (χ1v) is 10.4. The molecule has 1 atom stereocenters. The number of carbonyl (C=O) groups is 2. The summed E-state index contributed by atoms with van der Waals surface area (Å²) >= 11 is 1.32. The molecule has 0 spiro atoms. The van der Waals surface area contributed by atoms with Gasteiger partial charge in [0, 0.05) is 37.9 Å². The van der Waals surface area contributed by atoms with Crippen molar-refractivity contribution in [1.82, 2.24) is 19.5 Å². The van der Waals surface area contributed by atoms with Crippen LogP contribution in [0, 0.1) is 0 Å². The van der Waals surface area contributed by atoms with Gasteiger partial charge in [-0.25, -0.2) is 9.50 Å². The summed E-state index contributed by atoms with van der Waals surface area (Å²) in [6, 6.07) is 6.07. The number of ketones is 1. The molecule has 1 aliphatic rings. The fourth-order valence-corrected chi connectivity index (χ4v) is 4.30. The van der Waals surface area contributed by atoms with Crippen LogP contribution in [0.2, 0.25) is 0 Å². The molecule has 30 heavy (non-hydrogen) atoms. The Morgan fingerprint density at radius 2 is 2.07 bits per heavy atom. The third-order valence-electron chi connectivity index (χ3n) is 5.16. The maximum absolute atomic E-state index is 13.7. The van der Waals surface area contributed by atoms with Crippen molar-refractivity contribution in [3.8, 4) is 10.6 Å². The summed E-state index contributed by atoms with van der Waals surface area (Å²) in [7, 11) is 0. The lowest BCUT2D eigenvalue weighted by molar-refractivity contribution is -0.142. The Balaban J connectivity index is 1.63. The highest BCUT2D eigenvalue weighted by Gasteiger charge is 2.36. The number of amides is 1. The van der Waals surface area contributed by atoms with Crippen molar-refractivity contribution < 1.29 is 22.8 Å². The number of alkyl halides is 3. The normalized spacial score (nSPS) is 17.1. The van der Waals surface area contributed by atoms with E-state index in [2.05, 4.69) is 10.1 Å². The molecule has 1 unspecified atom stereocenters. The number of rotatable bonds is 5. The van der Waals surface area contributed by atoms with Crippen LogP contribution < -0.4 is 0 Å². The Morgan fingerprint density at radius 1 is 1.27 bits per heavy atom. The molecule has 4 heterocycles. The zero-order valence-electron chi connectivity index (χ0n) is 16.1. The van der Waals surface area contributed by atoms with Crippen LogP contribution in [0.5, 0.6) is 0 Å². The third kappa shape index (κ3) is 4.09. The van der Waals surface area contributed by atoms with Crippen LogP contribution >= 0.6 is 11.3 Å². The van der Waals surface area contributed by atoms with Gasteiger partial charge in [0.15, 0.2) is 11.3 Å². The Morgan fingerprint density at radius 3 is 2.73 bits per heavy atom. The highest BCUT2D eigenvalue weighted by atomic mass is 32.1. The van der Waals surface area contributed by atoms with E-state index in [9.17, 15) is 22.8 Å². The number of halogens is 3. The maximum atomic E-state index is 13.7. The molecule has 4 rings (SSSR count). The largest absolute Gasteiger partial charge is 0.433 e. The van der Waals surface area contributed by atoms with E-state index in [1.807, 2.05) is 0 Å². The average molecular weight is 436 g/mol. The van der Waals surface area contributed by atoms with E-state index in [1.54, 1.807) is 28.5 Å². The van der Waals surface area contributed by atoms with Crippen molar-refractivity contribution in [2.75, 3.05) is 13.1 Å². The van der Waals surface area contributed by atoms with Crippen LogP contribution in [0.3, 0.4) is 0 Å². The second kappa shape index (κ2) is 7.82. The highest BCUT2D eigenvalue weighted by molar-refractivity contribution is 7.13. The number of Topliss-reactive ketones (excluding diaryl/α,β-unsaturated/α-hetero) is 1. The van der Waals surface area contributed by atoms with Gasteiger partial charge in [0.1, 0.15) is 5.78 Å². The summed E-state index contributed by atoms with van der Waals surface area (Å²) in [5, 5.41) is 5.98. The Hall–Kier alpha value is -2.75. The first kappa shape index (κ1) is 20.5. The highest BCUT2D eigenvalue weighted by Crippen LogP contribution is 2.35. The molecule has 1 aliphatic heterocycles. The summed E-state index contributed by atoms with van der Waals surface area (Å²) in [5.41, 5.74) is -0.0129. The molecule has 0 bridgehead atoms. The fourth-order valence-electron chi connectivity index (χ4n) is 3.61. The molecule has 3 aromatic heterocycles. The molecule has 3 aromatic rings. The molecule has 1 fully saturated rings. The number of aromatic nitrogens is 3. The Bertz CT molecular complexity index is 1090. The van der Waals surface area contributed by atoms with Gasteiger partial charge >= 0.3 is 6.18 Å². The van der Waals surface area contributed by atoms with Crippen molar-refractivity contribution >= 4 is 28.7 Å². The van der Waals surface area contributed by atoms with Crippen LogP contribution in [0.15, 0.2) is 29.6 Å². The van der Waals surface area contributed by atoms with E-state index in [-0.39, 0.29) is 41.8 Å². The lowest BCUT2D eigenvalue weighted by Gasteiger charge is -2.15. The second-order valence-electron chi connectivity index (χ2n) is 7.37. The topological polar surface area (TPSA) is 67.6 Å². The summed E-state index contributed by atoms with van der Waals surface area (Å²) in [6.45, 7) is 2.31. The zero-order valence-corrected chi connectivity index (χ0v) is 17.0. The maximum Gasteiger partial charge on any atom is 0.433 e. The quantitative estimate of drug-likeness (QED) is 0.602. The molecule has 6 nitrogen and oxygen atoms in total. The van der Waals surface area contributed by atoms with E-state index in [0.717, 1.165) is 10.6 Å². The summed E-state index contributed by atoms with van der Waals surface area (Å²) in [5.74, 6) is -0.337. The van der Waals surface area contributed by atoms with Gasteiger partial charge in [-0.05, 0) is 30.9 Å². The van der Waals surface area contributed by atoms with E-state index < -0.39 is 11.9 Å². The van der Waals surface area contributed by atoms with Crippen LogP contribution in [0.1, 0.15) is 43.5 Å². The van der Waals surface area contributed by atoms with E-state index >= 15 is 0 Å². The van der Waals surface area contributed by atoms with Crippen molar-refractivity contribution in [3.05, 3.63) is 41.0 Å². The van der Waals surface area contributed by atoms with Gasteiger partial charge in [-0.3, -0.25) is 4.79 Å². The number of carbonyl (C=O) groups excluding carboxylic acids is 2. The van der Waals surface area contributed by atoms with E-state index in [1.165, 1.54) is 18.3 Å². The third-order valence-corrected chi connectivity index (χ3v) is 6.05. The first-order valence-electron chi connectivity index (χ1n) is 9.51. The lowest BCUT2D eigenvalue weighted by atomic mass is 10.1. The number of nitrogens with zero attached hydrogens (tertiary/aromatic N) is 4. The van der Waals surface area contributed by atoms with Crippen molar-refractivity contribution in [3.63, 3.8) is 0 Å². The van der Waals surface area contributed by atoms with Crippen LogP contribution in [-0.4, -0.2) is 44.3 Å². The molecule has 158 valence electrons. The Kier molecular flexibility index (Phi) is 5.35. The van der Waals surface area contributed by atoms with Gasteiger partial charge in [0.05, 0.1) is 16.3 Å². The van der Waals surface area contributed by atoms with Gasteiger partial charge in [-0.2, -0.15) is 18.3 Å². The molecule has 0 saturated carbocycles. The molecule has 0 N–H and O–H groups in total. The summed E-state index contributed by atoms with van der Waals surface area (Å²) in [6.07, 6.45) is -3.63. The van der Waals surface area contributed by atoms with Crippen molar-refractivity contribution in [2.24, 2.45) is 0 Å². The molecule has 1 saturated heterocycles. The lowest BCUT2D eigenvalue weighted by Crippen LogP contribution is -2.28. The first-order chi connectivity index (χ1) is 14.2. The smallest absolute Gasteiger partial charge is 0.342 e. The zero-order chi connectivity index (χ0) is 21.5. The molecule has 0 aromatic carbocycles. The second-order valence-corrected chi connectivity index (χ2v) is 8.32.